The van der Waals surface area contributed by atoms with Crippen molar-refractivity contribution < 1.29 is 13.9 Å². The molecular formula is C19H11ClFNO3. The molecule has 6 heteroatoms. The topological polar surface area (TPSA) is 63.3 Å². The summed E-state index contributed by atoms with van der Waals surface area (Å²) in [5.41, 5.74) is 2.81. The van der Waals surface area contributed by atoms with E-state index in [0.29, 0.717) is 17.1 Å². The molecule has 0 saturated carbocycles. The highest BCUT2D eigenvalue weighted by atomic mass is 35.5. The molecule has 4 rings (SSSR count). The van der Waals surface area contributed by atoms with Crippen molar-refractivity contribution in [2.45, 2.75) is 5.88 Å². The highest BCUT2D eigenvalue weighted by Crippen LogP contribution is 2.30. The third-order valence-electron chi connectivity index (χ3n) is 3.97. The Kier molecular flexibility index (Phi) is 3.66. The molecule has 25 heavy (non-hydrogen) atoms. The zero-order valence-electron chi connectivity index (χ0n) is 12.8. The maximum absolute atomic E-state index is 13.5. The molecule has 1 heterocycles. The van der Waals surface area contributed by atoms with Crippen LogP contribution in [0.5, 0.6) is 5.75 Å². The summed E-state index contributed by atoms with van der Waals surface area (Å²) in [7, 11) is 0. The molecule has 0 amide bonds. The first-order valence-corrected chi connectivity index (χ1v) is 8.01. The number of fused-ring (bicyclic) bond motifs is 2. The number of alkyl halides is 1. The summed E-state index contributed by atoms with van der Waals surface area (Å²) in [6.45, 7) is 0. The van der Waals surface area contributed by atoms with E-state index in [0.717, 1.165) is 23.3 Å². The van der Waals surface area contributed by atoms with E-state index in [1.54, 1.807) is 6.07 Å². The monoisotopic (exact) mass is 355 g/mol. The van der Waals surface area contributed by atoms with Crippen molar-refractivity contribution in [1.82, 2.24) is 4.98 Å². The predicted molar refractivity (Wildman–Crippen MR) is 93.5 cm³/mol. The van der Waals surface area contributed by atoms with Gasteiger partial charge in [-0.3, -0.25) is 4.79 Å². The molecule has 0 bridgehead atoms. The Morgan fingerprint density at radius 3 is 2.60 bits per heavy atom. The standard InChI is InChI=1S/C19H11ClFNO3/c20-9-10-1-3-11(4-2-10)12-5-14-18(7-16(12)23)25-19-8-17(24)13(21)6-15(19)22-14/h1-8,24H,9H2. The minimum absolute atomic E-state index is 0.199. The van der Waals surface area contributed by atoms with Gasteiger partial charge in [-0.25, -0.2) is 9.37 Å². The van der Waals surface area contributed by atoms with Crippen molar-refractivity contribution in [2.75, 3.05) is 0 Å². The van der Waals surface area contributed by atoms with Gasteiger partial charge in [-0.05, 0) is 17.2 Å². The molecule has 4 nitrogen and oxygen atoms in total. The van der Waals surface area contributed by atoms with E-state index in [2.05, 4.69) is 4.98 Å². The van der Waals surface area contributed by atoms with E-state index in [1.165, 1.54) is 6.07 Å². The normalized spacial score (nSPS) is 11.3. The Labute approximate surface area is 146 Å². The largest absolute Gasteiger partial charge is 0.505 e. The highest BCUT2D eigenvalue weighted by molar-refractivity contribution is 6.17. The molecule has 1 N–H and O–H groups in total. The van der Waals surface area contributed by atoms with Crippen LogP contribution in [0.4, 0.5) is 4.39 Å². The van der Waals surface area contributed by atoms with Crippen molar-refractivity contribution in [3.8, 4) is 28.3 Å². The van der Waals surface area contributed by atoms with Gasteiger partial charge in [-0.15, -0.1) is 11.6 Å². The summed E-state index contributed by atoms with van der Waals surface area (Å²) >= 11 is 5.78. The third kappa shape index (κ3) is 2.72. The minimum atomic E-state index is -0.785. The first-order valence-electron chi connectivity index (χ1n) is 7.47. The maximum atomic E-state index is 13.5. The molecule has 2 aromatic carbocycles. The molecule has 2 aliphatic rings. The number of aromatic hydroxyl groups is 1. The van der Waals surface area contributed by atoms with Crippen LogP contribution in [0, 0.1) is 5.82 Å². The first-order chi connectivity index (χ1) is 12.0. The van der Waals surface area contributed by atoms with Crippen molar-refractivity contribution in [1.29, 1.82) is 0 Å². The van der Waals surface area contributed by atoms with Crippen LogP contribution in [-0.2, 0) is 5.88 Å². The van der Waals surface area contributed by atoms with Crippen LogP contribution in [0.1, 0.15) is 5.56 Å². The zero-order valence-corrected chi connectivity index (χ0v) is 13.5. The van der Waals surface area contributed by atoms with Gasteiger partial charge in [0, 0.05) is 29.6 Å². The van der Waals surface area contributed by atoms with Gasteiger partial charge in [-0.1, -0.05) is 24.3 Å². The predicted octanol–water partition coefficient (Wildman–Crippen LogP) is 4.54. The molecule has 0 saturated heterocycles. The van der Waals surface area contributed by atoms with E-state index in [4.69, 9.17) is 16.0 Å². The van der Waals surface area contributed by atoms with Crippen molar-refractivity contribution in [2.24, 2.45) is 0 Å². The molecule has 2 aromatic rings. The van der Waals surface area contributed by atoms with E-state index in [9.17, 15) is 14.3 Å². The second-order valence-electron chi connectivity index (χ2n) is 5.63. The number of halogens is 2. The second-order valence-corrected chi connectivity index (χ2v) is 5.90. The lowest BCUT2D eigenvalue weighted by atomic mass is 10.0. The fourth-order valence-corrected chi connectivity index (χ4v) is 2.85. The first kappa shape index (κ1) is 15.6. The summed E-state index contributed by atoms with van der Waals surface area (Å²) in [6, 6.07) is 12.5. The number of rotatable bonds is 2. The molecular weight excluding hydrogens is 345 g/mol. The third-order valence-corrected chi connectivity index (χ3v) is 4.28. The summed E-state index contributed by atoms with van der Waals surface area (Å²) in [4.78, 5) is 16.8. The Bertz CT molecular complexity index is 1120. The molecule has 1 aliphatic heterocycles. The summed E-state index contributed by atoms with van der Waals surface area (Å²) in [5, 5.41) is 9.45. The molecule has 0 radical (unpaired) electrons. The lowest BCUT2D eigenvalue weighted by Gasteiger charge is -2.09. The Hall–Kier alpha value is -2.92. The lowest BCUT2D eigenvalue weighted by Crippen LogP contribution is -2.06. The van der Waals surface area contributed by atoms with Gasteiger partial charge in [0.05, 0.1) is 0 Å². The average molecular weight is 356 g/mol. The minimum Gasteiger partial charge on any atom is -0.505 e. The van der Waals surface area contributed by atoms with Crippen LogP contribution in [-0.4, -0.2) is 10.1 Å². The van der Waals surface area contributed by atoms with Gasteiger partial charge in [0.15, 0.2) is 28.3 Å². The van der Waals surface area contributed by atoms with Gasteiger partial charge in [0.2, 0.25) is 0 Å². The van der Waals surface area contributed by atoms with Gasteiger partial charge in [-0.2, -0.15) is 0 Å². The number of nitrogens with zero attached hydrogens (tertiary/aromatic N) is 1. The number of hydrogen-bond acceptors (Lipinski definition) is 4. The molecule has 1 aliphatic carbocycles. The number of benzene rings is 3. The zero-order chi connectivity index (χ0) is 17.6. The fraction of sp³-hybridized carbons (Fsp3) is 0.0526. The van der Waals surface area contributed by atoms with Gasteiger partial charge >= 0.3 is 0 Å². The summed E-state index contributed by atoms with van der Waals surface area (Å²) in [6.07, 6.45) is 0. The van der Waals surface area contributed by atoms with Crippen LogP contribution < -0.4 is 5.43 Å². The molecule has 0 fully saturated rings. The molecule has 0 unspecified atom stereocenters. The number of phenols is 1. The van der Waals surface area contributed by atoms with Crippen LogP contribution in [0.2, 0.25) is 0 Å². The Morgan fingerprint density at radius 1 is 1.12 bits per heavy atom. The van der Waals surface area contributed by atoms with Gasteiger partial charge < -0.3 is 9.52 Å². The number of hydrogen-bond donors (Lipinski definition) is 1. The van der Waals surface area contributed by atoms with E-state index in [1.807, 2.05) is 24.3 Å². The quantitative estimate of drug-likeness (QED) is 0.423. The number of aromatic nitrogens is 1. The van der Waals surface area contributed by atoms with Crippen LogP contribution in [0.3, 0.4) is 0 Å². The smallest absolute Gasteiger partial charge is 0.190 e. The van der Waals surface area contributed by atoms with Crippen LogP contribution in [0.15, 0.2) is 57.7 Å². The lowest BCUT2D eigenvalue weighted by molar-refractivity contribution is 0.432. The molecule has 0 spiro atoms. The van der Waals surface area contributed by atoms with Crippen LogP contribution >= 0.6 is 11.6 Å². The van der Waals surface area contributed by atoms with Gasteiger partial charge in [0.25, 0.3) is 0 Å². The Morgan fingerprint density at radius 2 is 1.88 bits per heavy atom. The average Bonchev–Trinajstić information content (AvgIpc) is 2.61. The van der Waals surface area contributed by atoms with E-state index < -0.39 is 11.6 Å². The molecule has 124 valence electrons. The Balaban J connectivity index is 1.93. The maximum Gasteiger partial charge on any atom is 0.190 e. The van der Waals surface area contributed by atoms with Crippen molar-refractivity contribution >= 4 is 22.7 Å². The fourth-order valence-electron chi connectivity index (χ4n) is 2.67. The second kappa shape index (κ2) is 5.86. The van der Waals surface area contributed by atoms with Crippen molar-refractivity contribution in [3.05, 3.63) is 70.1 Å². The summed E-state index contributed by atoms with van der Waals surface area (Å²) < 4.78 is 19.1. The van der Waals surface area contributed by atoms with Crippen molar-refractivity contribution in [3.63, 3.8) is 0 Å². The summed E-state index contributed by atoms with van der Waals surface area (Å²) in [5.74, 6) is -0.653. The number of phenolic OH excluding ortho intramolecular Hbond substituents is 1. The van der Waals surface area contributed by atoms with E-state index >= 15 is 0 Å². The van der Waals surface area contributed by atoms with Gasteiger partial charge in [0.1, 0.15) is 11.2 Å². The highest BCUT2D eigenvalue weighted by Gasteiger charge is 2.15. The SMILES string of the molecule is O=c1cc2oc3cc(O)c(F)cc3nc-2cc1-c1ccc(CCl)cc1. The molecule has 0 atom stereocenters. The van der Waals surface area contributed by atoms with E-state index in [-0.39, 0.29) is 22.3 Å². The molecule has 0 aromatic heterocycles. The van der Waals surface area contributed by atoms with Crippen LogP contribution in [0.25, 0.3) is 33.7 Å².